The molecule has 0 atom stereocenters. The Hall–Kier alpha value is -1.83. The third kappa shape index (κ3) is 7.66. The summed E-state index contributed by atoms with van der Waals surface area (Å²) in [7, 11) is 3.49. The van der Waals surface area contributed by atoms with Gasteiger partial charge in [-0.15, -0.1) is 0 Å². The molecule has 0 amide bonds. The molecule has 2 N–H and O–H groups in total. The van der Waals surface area contributed by atoms with E-state index >= 15 is 0 Å². The van der Waals surface area contributed by atoms with E-state index in [-0.39, 0.29) is 0 Å². The van der Waals surface area contributed by atoms with Crippen LogP contribution in [0.5, 0.6) is 5.75 Å². The van der Waals surface area contributed by atoms with Gasteiger partial charge in [-0.25, -0.2) is 0 Å². The number of rotatable bonds is 10. The Morgan fingerprint density at radius 1 is 1.11 bits per heavy atom. The van der Waals surface area contributed by atoms with E-state index in [1.54, 1.807) is 14.2 Å². The molecule has 0 unspecified atom stereocenters. The topological polar surface area (TPSA) is 61.4 Å². The van der Waals surface area contributed by atoms with E-state index in [2.05, 4.69) is 57.5 Å². The smallest absolute Gasteiger partial charge is 0.191 e. The Morgan fingerprint density at radius 2 is 1.86 bits per heavy atom. The number of ether oxygens (including phenoxy) is 2. The molecule has 7 nitrogen and oxygen atoms in total. The molecule has 1 aliphatic rings. The second-order valence-electron chi connectivity index (χ2n) is 7.08. The summed E-state index contributed by atoms with van der Waals surface area (Å²) in [5, 5.41) is 6.81. The number of aliphatic imine (C=N–C) groups is 1. The largest absolute Gasteiger partial charge is 0.491 e. The number of piperazine rings is 1. The molecule has 1 aromatic carbocycles. The van der Waals surface area contributed by atoms with Gasteiger partial charge in [0.25, 0.3) is 0 Å². The molecule has 1 aliphatic heterocycles. The maximum Gasteiger partial charge on any atom is 0.191 e. The standard InChI is InChI=1S/C21H37N5O2/c1-5-25-10-12-26(13-11-25)9-8-23-21(22-3)24-17-19-7-6-18(2)16-20(19)28-15-14-27-4/h6-7,16H,5,8-15,17H2,1-4H3,(H2,22,23,24). The molecular weight excluding hydrogens is 354 g/mol. The number of aryl methyl sites for hydroxylation is 1. The first-order chi connectivity index (χ1) is 13.7. The number of nitrogens with one attached hydrogen (secondary N) is 2. The molecule has 1 saturated heterocycles. The predicted molar refractivity (Wildman–Crippen MR) is 115 cm³/mol. The van der Waals surface area contributed by atoms with Crippen LogP contribution >= 0.6 is 0 Å². The van der Waals surface area contributed by atoms with Crippen molar-refractivity contribution in [2.75, 3.05) is 73.2 Å². The van der Waals surface area contributed by atoms with Crippen molar-refractivity contribution in [1.29, 1.82) is 0 Å². The van der Waals surface area contributed by atoms with E-state index in [1.165, 1.54) is 18.7 Å². The number of hydrogen-bond acceptors (Lipinski definition) is 5. The molecule has 7 heteroatoms. The molecular formula is C21H37N5O2. The second-order valence-corrected chi connectivity index (χ2v) is 7.08. The first kappa shape index (κ1) is 22.5. The highest BCUT2D eigenvalue weighted by Gasteiger charge is 2.14. The summed E-state index contributed by atoms with van der Waals surface area (Å²) in [5.41, 5.74) is 2.29. The number of hydrogen-bond donors (Lipinski definition) is 2. The normalized spacial score (nSPS) is 16.2. The summed E-state index contributed by atoms with van der Waals surface area (Å²) in [4.78, 5) is 9.35. The average Bonchev–Trinajstić information content (AvgIpc) is 2.72. The Labute approximate surface area is 170 Å². The first-order valence-electron chi connectivity index (χ1n) is 10.3. The zero-order valence-corrected chi connectivity index (χ0v) is 18.0. The van der Waals surface area contributed by atoms with Gasteiger partial charge in [0.05, 0.1) is 6.61 Å². The SMILES string of the molecule is CCN1CCN(CCNC(=NC)NCc2ccc(C)cc2OCCOC)CC1. The lowest BCUT2D eigenvalue weighted by molar-refractivity contribution is 0.139. The van der Waals surface area contributed by atoms with Gasteiger partial charge in [0.2, 0.25) is 0 Å². The fourth-order valence-corrected chi connectivity index (χ4v) is 3.24. The van der Waals surface area contributed by atoms with Gasteiger partial charge in [-0.1, -0.05) is 19.1 Å². The van der Waals surface area contributed by atoms with Crippen LogP contribution in [-0.4, -0.2) is 88.9 Å². The first-order valence-corrected chi connectivity index (χ1v) is 10.3. The van der Waals surface area contributed by atoms with Crippen molar-refractivity contribution < 1.29 is 9.47 Å². The monoisotopic (exact) mass is 391 g/mol. The van der Waals surface area contributed by atoms with Crippen LogP contribution in [0, 0.1) is 6.92 Å². The van der Waals surface area contributed by atoms with Gasteiger partial charge in [0.15, 0.2) is 5.96 Å². The molecule has 1 aromatic rings. The van der Waals surface area contributed by atoms with E-state index in [0.29, 0.717) is 19.8 Å². The Morgan fingerprint density at radius 3 is 2.54 bits per heavy atom. The van der Waals surface area contributed by atoms with Gasteiger partial charge in [-0.3, -0.25) is 9.89 Å². The lowest BCUT2D eigenvalue weighted by Gasteiger charge is -2.34. The van der Waals surface area contributed by atoms with Crippen molar-refractivity contribution in [3.63, 3.8) is 0 Å². The van der Waals surface area contributed by atoms with Crippen molar-refractivity contribution in [2.24, 2.45) is 4.99 Å². The molecule has 0 saturated carbocycles. The highest BCUT2D eigenvalue weighted by molar-refractivity contribution is 5.79. The summed E-state index contributed by atoms with van der Waals surface area (Å²) < 4.78 is 10.9. The van der Waals surface area contributed by atoms with Gasteiger partial charge in [0.1, 0.15) is 12.4 Å². The maximum absolute atomic E-state index is 5.87. The maximum atomic E-state index is 5.87. The Kier molecular flexibility index (Phi) is 10.1. The molecule has 0 radical (unpaired) electrons. The van der Waals surface area contributed by atoms with Gasteiger partial charge < -0.3 is 25.0 Å². The van der Waals surface area contributed by atoms with E-state index in [9.17, 15) is 0 Å². The van der Waals surface area contributed by atoms with Gasteiger partial charge in [-0.05, 0) is 25.1 Å². The molecule has 0 aromatic heterocycles. The minimum Gasteiger partial charge on any atom is -0.491 e. The minimum absolute atomic E-state index is 0.547. The van der Waals surface area contributed by atoms with Crippen LogP contribution in [0.1, 0.15) is 18.1 Å². The van der Waals surface area contributed by atoms with E-state index < -0.39 is 0 Å². The molecule has 28 heavy (non-hydrogen) atoms. The number of nitrogens with zero attached hydrogens (tertiary/aromatic N) is 3. The summed E-state index contributed by atoms with van der Waals surface area (Å²) in [6.07, 6.45) is 0. The van der Waals surface area contributed by atoms with Crippen LogP contribution in [0.25, 0.3) is 0 Å². The highest BCUT2D eigenvalue weighted by Crippen LogP contribution is 2.20. The molecule has 1 fully saturated rings. The van der Waals surface area contributed by atoms with Crippen LogP contribution in [0.3, 0.4) is 0 Å². The molecule has 2 rings (SSSR count). The zero-order valence-electron chi connectivity index (χ0n) is 18.0. The minimum atomic E-state index is 0.547. The van der Waals surface area contributed by atoms with Crippen molar-refractivity contribution in [2.45, 2.75) is 20.4 Å². The third-order valence-corrected chi connectivity index (χ3v) is 5.07. The van der Waals surface area contributed by atoms with Gasteiger partial charge in [0, 0.05) is 65.5 Å². The molecule has 1 heterocycles. The van der Waals surface area contributed by atoms with Crippen LogP contribution in [0.2, 0.25) is 0 Å². The zero-order chi connectivity index (χ0) is 20.2. The highest BCUT2D eigenvalue weighted by atomic mass is 16.5. The molecule has 0 bridgehead atoms. The van der Waals surface area contributed by atoms with Crippen LogP contribution < -0.4 is 15.4 Å². The molecule has 158 valence electrons. The molecule has 0 spiro atoms. The number of benzene rings is 1. The number of guanidine groups is 1. The van der Waals surface area contributed by atoms with Crippen LogP contribution in [0.15, 0.2) is 23.2 Å². The number of methoxy groups -OCH3 is 1. The predicted octanol–water partition coefficient (Wildman–Crippen LogP) is 1.32. The summed E-state index contributed by atoms with van der Waals surface area (Å²) in [6.45, 7) is 13.8. The van der Waals surface area contributed by atoms with E-state index in [1.807, 2.05) is 0 Å². The molecule has 0 aliphatic carbocycles. The lowest BCUT2D eigenvalue weighted by Crippen LogP contribution is -2.49. The summed E-state index contributed by atoms with van der Waals surface area (Å²) in [6, 6.07) is 6.27. The summed E-state index contributed by atoms with van der Waals surface area (Å²) >= 11 is 0. The number of likely N-dealkylation sites (N-methyl/N-ethyl adjacent to an activating group) is 1. The summed E-state index contributed by atoms with van der Waals surface area (Å²) in [5.74, 6) is 1.71. The second kappa shape index (κ2) is 12.6. The van der Waals surface area contributed by atoms with E-state index in [0.717, 1.165) is 50.0 Å². The Balaban J connectivity index is 1.76. The van der Waals surface area contributed by atoms with E-state index in [4.69, 9.17) is 9.47 Å². The Bertz CT molecular complexity index is 600. The fraction of sp³-hybridized carbons (Fsp3) is 0.667. The van der Waals surface area contributed by atoms with Crippen LogP contribution in [0.4, 0.5) is 0 Å². The average molecular weight is 392 g/mol. The van der Waals surface area contributed by atoms with Crippen molar-refractivity contribution in [3.8, 4) is 5.75 Å². The quantitative estimate of drug-likeness (QED) is 0.356. The third-order valence-electron chi connectivity index (χ3n) is 5.07. The van der Waals surface area contributed by atoms with Gasteiger partial charge in [-0.2, -0.15) is 0 Å². The van der Waals surface area contributed by atoms with Crippen molar-refractivity contribution >= 4 is 5.96 Å². The van der Waals surface area contributed by atoms with Crippen LogP contribution in [-0.2, 0) is 11.3 Å². The van der Waals surface area contributed by atoms with Crippen molar-refractivity contribution in [3.05, 3.63) is 29.3 Å². The van der Waals surface area contributed by atoms with Gasteiger partial charge >= 0.3 is 0 Å². The fourth-order valence-electron chi connectivity index (χ4n) is 3.24. The lowest BCUT2D eigenvalue weighted by atomic mass is 10.1. The van der Waals surface area contributed by atoms with Crippen molar-refractivity contribution in [1.82, 2.24) is 20.4 Å².